The third-order valence-electron chi connectivity index (χ3n) is 3.62. The summed E-state index contributed by atoms with van der Waals surface area (Å²) in [4.78, 5) is 23.8. The molecule has 6 heteroatoms. The molecule has 132 valence electrons. The van der Waals surface area contributed by atoms with Gasteiger partial charge in [0.05, 0.1) is 13.7 Å². The molecular formula is C19H22N2O4. The molecule has 2 amide bonds. The molecular weight excluding hydrogens is 320 g/mol. The molecule has 2 aromatic rings. The zero-order valence-corrected chi connectivity index (χ0v) is 14.6. The summed E-state index contributed by atoms with van der Waals surface area (Å²) in [5.74, 6) is 0.610. The molecule has 0 heterocycles. The molecule has 0 radical (unpaired) electrons. The minimum absolute atomic E-state index is 0.113. The first-order chi connectivity index (χ1) is 12.0. The van der Waals surface area contributed by atoms with Crippen LogP contribution in [0.1, 0.15) is 11.1 Å². The van der Waals surface area contributed by atoms with E-state index in [4.69, 9.17) is 9.47 Å². The average Bonchev–Trinajstić information content (AvgIpc) is 2.62. The molecule has 0 aliphatic rings. The Morgan fingerprint density at radius 1 is 0.920 bits per heavy atom. The highest BCUT2D eigenvalue weighted by atomic mass is 16.5. The molecule has 2 N–H and O–H groups in total. The standard InChI is InChI=1S/C19H22N2O4/c1-13-5-4-6-14(2)19(13)21-17(22)11-20-18(23)12-25-16-9-7-15(24-3)8-10-16/h4-10H,11-12H2,1-3H3,(H,20,23)(H,21,22). The van der Waals surface area contributed by atoms with Gasteiger partial charge >= 0.3 is 0 Å². The molecule has 0 saturated heterocycles. The van der Waals surface area contributed by atoms with Gasteiger partial charge in [0.15, 0.2) is 6.61 Å². The van der Waals surface area contributed by atoms with E-state index >= 15 is 0 Å². The van der Waals surface area contributed by atoms with E-state index in [0.717, 1.165) is 16.8 Å². The second-order valence-electron chi connectivity index (χ2n) is 5.56. The van der Waals surface area contributed by atoms with Crippen LogP contribution in [0.25, 0.3) is 0 Å². The number of para-hydroxylation sites is 1. The van der Waals surface area contributed by atoms with E-state index in [1.165, 1.54) is 0 Å². The number of methoxy groups -OCH3 is 1. The van der Waals surface area contributed by atoms with Crippen molar-refractivity contribution in [2.45, 2.75) is 13.8 Å². The summed E-state index contributed by atoms with van der Waals surface area (Å²) in [5.41, 5.74) is 2.72. The summed E-state index contributed by atoms with van der Waals surface area (Å²) in [6, 6.07) is 12.7. The van der Waals surface area contributed by atoms with Crippen LogP contribution in [-0.2, 0) is 9.59 Å². The Morgan fingerprint density at radius 3 is 2.12 bits per heavy atom. The van der Waals surface area contributed by atoms with Crippen LogP contribution in [0.5, 0.6) is 11.5 Å². The average molecular weight is 342 g/mol. The van der Waals surface area contributed by atoms with Gasteiger partial charge in [-0.2, -0.15) is 0 Å². The predicted molar refractivity (Wildman–Crippen MR) is 96.0 cm³/mol. The van der Waals surface area contributed by atoms with Crippen LogP contribution in [0.3, 0.4) is 0 Å². The molecule has 25 heavy (non-hydrogen) atoms. The zero-order chi connectivity index (χ0) is 18.2. The molecule has 0 bridgehead atoms. The minimum Gasteiger partial charge on any atom is -0.497 e. The van der Waals surface area contributed by atoms with Crippen LogP contribution in [0.15, 0.2) is 42.5 Å². The third-order valence-corrected chi connectivity index (χ3v) is 3.62. The Hall–Kier alpha value is -3.02. The molecule has 0 spiro atoms. The highest BCUT2D eigenvalue weighted by Crippen LogP contribution is 2.19. The first kappa shape index (κ1) is 18.3. The molecule has 0 fully saturated rings. The molecule has 0 aromatic heterocycles. The summed E-state index contributed by atoms with van der Waals surface area (Å²) >= 11 is 0. The Balaban J connectivity index is 1.76. The molecule has 2 aromatic carbocycles. The van der Waals surface area contributed by atoms with Crippen molar-refractivity contribution < 1.29 is 19.1 Å². The number of carbonyl (C=O) groups excluding carboxylic acids is 2. The number of carbonyl (C=O) groups is 2. The molecule has 0 unspecified atom stereocenters. The van der Waals surface area contributed by atoms with E-state index in [1.807, 2.05) is 32.0 Å². The normalized spacial score (nSPS) is 10.0. The minimum atomic E-state index is -0.368. The Labute approximate surface area is 147 Å². The van der Waals surface area contributed by atoms with E-state index < -0.39 is 0 Å². The van der Waals surface area contributed by atoms with Gasteiger partial charge in [-0.1, -0.05) is 18.2 Å². The Morgan fingerprint density at radius 2 is 1.52 bits per heavy atom. The number of nitrogens with one attached hydrogen (secondary N) is 2. The van der Waals surface area contributed by atoms with Crippen molar-refractivity contribution in [3.63, 3.8) is 0 Å². The number of rotatable bonds is 7. The second-order valence-corrected chi connectivity index (χ2v) is 5.56. The van der Waals surface area contributed by atoms with Gasteiger partial charge in [0.1, 0.15) is 11.5 Å². The number of hydrogen-bond donors (Lipinski definition) is 2. The largest absolute Gasteiger partial charge is 0.497 e. The fourth-order valence-corrected chi connectivity index (χ4v) is 2.25. The maximum atomic E-state index is 12.0. The van der Waals surface area contributed by atoms with Crippen LogP contribution in [0, 0.1) is 13.8 Å². The maximum Gasteiger partial charge on any atom is 0.258 e. The van der Waals surface area contributed by atoms with Crippen LogP contribution in [0.4, 0.5) is 5.69 Å². The topological polar surface area (TPSA) is 76.7 Å². The van der Waals surface area contributed by atoms with Gasteiger partial charge in [-0.25, -0.2) is 0 Å². The van der Waals surface area contributed by atoms with Crippen LogP contribution >= 0.6 is 0 Å². The van der Waals surface area contributed by atoms with E-state index in [9.17, 15) is 9.59 Å². The lowest BCUT2D eigenvalue weighted by atomic mass is 10.1. The fraction of sp³-hybridized carbons (Fsp3) is 0.263. The second kappa shape index (κ2) is 8.73. The maximum absolute atomic E-state index is 12.0. The Kier molecular flexibility index (Phi) is 6.39. The number of aryl methyl sites for hydroxylation is 2. The van der Waals surface area contributed by atoms with Gasteiger partial charge in [-0.05, 0) is 49.2 Å². The van der Waals surface area contributed by atoms with Crippen molar-refractivity contribution in [3.05, 3.63) is 53.6 Å². The summed E-state index contributed by atoms with van der Waals surface area (Å²) < 4.78 is 10.4. The lowest BCUT2D eigenvalue weighted by molar-refractivity contribution is -0.125. The van der Waals surface area contributed by atoms with Crippen molar-refractivity contribution in [3.8, 4) is 11.5 Å². The van der Waals surface area contributed by atoms with Gasteiger partial charge in [-0.15, -0.1) is 0 Å². The van der Waals surface area contributed by atoms with Gasteiger partial charge in [0, 0.05) is 5.69 Å². The highest BCUT2D eigenvalue weighted by Gasteiger charge is 2.09. The first-order valence-corrected chi connectivity index (χ1v) is 7.89. The third kappa shape index (κ3) is 5.53. The molecule has 0 saturated carbocycles. The first-order valence-electron chi connectivity index (χ1n) is 7.89. The van der Waals surface area contributed by atoms with Gasteiger partial charge in [-0.3, -0.25) is 9.59 Å². The molecule has 2 rings (SSSR count). The summed E-state index contributed by atoms with van der Waals surface area (Å²) in [6.07, 6.45) is 0. The van der Waals surface area contributed by atoms with Crippen molar-refractivity contribution in [2.75, 3.05) is 25.6 Å². The van der Waals surface area contributed by atoms with Crippen molar-refractivity contribution in [2.24, 2.45) is 0 Å². The number of ether oxygens (including phenoxy) is 2. The Bertz CT molecular complexity index is 721. The molecule has 0 atom stereocenters. The van der Waals surface area contributed by atoms with E-state index in [-0.39, 0.29) is 25.0 Å². The van der Waals surface area contributed by atoms with Crippen LogP contribution in [0.2, 0.25) is 0 Å². The predicted octanol–water partition coefficient (Wildman–Crippen LogP) is 2.45. The van der Waals surface area contributed by atoms with Crippen LogP contribution < -0.4 is 20.1 Å². The zero-order valence-electron chi connectivity index (χ0n) is 14.6. The smallest absolute Gasteiger partial charge is 0.258 e. The number of amides is 2. The molecule has 0 aliphatic heterocycles. The van der Waals surface area contributed by atoms with Crippen molar-refractivity contribution >= 4 is 17.5 Å². The fourth-order valence-electron chi connectivity index (χ4n) is 2.25. The molecule has 0 aliphatic carbocycles. The van der Waals surface area contributed by atoms with Gasteiger partial charge < -0.3 is 20.1 Å². The van der Waals surface area contributed by atoms with Gasteiger partial charge in [0.2, 0.25) is 5.91 Å². The van der Waals surface area contributed by atoms with Crippen molar-refractivity contribution in [1.29, 1.82) is 0 Å². The van der Waals surface area contributed by atoms with E-state index in [0.29, 0.717) is 11.5 Å². The molecule has 6 nitrogen and oxygen atoms in total. The summed E-state index contributed by atoms with van der Waals surface area (Å²) in [6.45, 7) is 3.56. The van der Waals surface area contributed by atoms with Crippen LogP contribution in [-0.4, -0.2) is 32.1 Å². The monoisotopic (exact) mass is 342 g/mol. The SMILES string of the molecule is COc1ccc(OCC(=O)NCC(=O)Nc2c(C)cccc2C)cc1. The number of anilines is 1. The lowest BCUT2D eigenvalue weighted by Crippen LogP contribution is -2.36. The highest BCUT2D eigenvalue weighted by molar-refractivity contribution is 5.95. The quantitative estimate of drug-likeness (QED) is 0.810. The lowest BCUT2D eigenvalue weighted by Gasteiger charge is -2.12. The van der Waals surface area contributed by atoms with E-state index in [1.54, 1.807) is 31.4 Å². The summed E-state index contributed by atoms with van der Waals surface area (Å²) in [5, 5.41) is 5.35. The summed E-state index contributed by atoms with van der Waals surface area (Å²) in [7, 11) is 1.58. The number of benzene rings is 2. The number of hydrogen-bond acceptors (Lipinski definition) is 4. The van der Waals surface area contributed by atoms with Crippen molar-refractivity contribution in [1.82, 2.24) is 5.32 Å². The van der Waals surface area contributed by atoms with E-state index in [2.05, 4.69) is 10.6 Å². The van der Waals surface area contributed by atoms with Gasteiger partial charge in [0.25, 0.3) is 5.91 Å².